The first-order valence-corrected chi connectivity index (χ1v) is 13.4. The van der Waals surface area contributed by atoms with Gasteiger partial charge in [0.05, 0.1) is 6.42 Å². The van der Waals surface area contributed by atoms with Crippen LogP contribution in [0.4, 0.5) is 14.9 Å². The Bertz CT molecular complexity index is 1690. The van der Waals surface area contributed by atoms with Crippen molar-refractivity contribution in [3.8, 4) is 28.1 Å². The third kappa shape index (κ3) is 5.60. The third-order valence-electron chi connectivity index (χ3n) is 7.39. The number of aromatic hydroxyl groups is 1. The summed E-state index contributed by atoms with van der Waals surface area (Å²) in [6, 6.07) is 22.3. The Morgan fingerprint density at radius 1 is 0.902 bits per heavy atom. The molecule has 9 heteroatoms. The smallest absolute Gasteiger partial charge is 0.321 e. The van der Waals surface area contributed by atoms with Crippen molar-refractivity contribution in [2.75, 3.05) is 31.5 Å². The third-order valence-corrected chi connectivity index (χ3v) is 7.39. The van der Waals surface area contributed by atoms with Crippen molar-refractivity contribution in [1.82, 2.24) is 19.8 Å². The number of rotatable bonds is 5. The molecule has 0 unspecified atom stereocenters. The van der Waals surface area contributed by atoms with Crippen LogP contribution in [0.1, 0.15) is 5.56 Å². The molecule has 0 aliphatic carbocycles. The van der Waals surface area contributed by atoms with Crippen molar-refractivity contribution in [3.05, 3.63) is 103 Å². The van der Waals surface area contributed by atoms with E-state index in [9.17, 15) is 19.1 Å². The fraction of sp³-hybridized carbons (Fsp3) is 0.156. The Morgan fingerprint density at radius 3 is 2.41 bits per heavy atom. The second-order valence-electron chi connectivity index (χ2n) is 10.0. The number of para-hydroxylation sites is 1. The molecule has 3 aromatic carbocycles. The lowest BCUT2D eigenvalue weighted by molar-refractivity contribution is -0.131. The standard InChI is InChI=1S/C32H28FN5O3/c33-24-7-9-25(10-8-24)35-32(41)38-15-13-37(14-16-38)31(40)19-22-6-5-21(26-3-1-2-4-30(26)39)17-27(22)29-18-23-20-34-12-11-28(23)36-29/h1-12,17-18,20,36,39H,13-16,19H2,(H,35,41). The molecule has 0 bridgehead atoms. The predicted octanol–water partition coefficient (Wildman–Crippen LogP) is 5.66. The molecule has 206 valence electrons. The van der Waals surface area contributed by atoms with Gasteiger partial charge in [-0.3, -0.25) is 9.78 Å². The number of anilines is 1. The first-order valence-electron chi connectivity index (χ1n) is 13.4. The molecule has 2 aromatic heterocycles. The molecule has 0 radical (unpaired) electrons. The highest BCUT2D eigenvalue weighted by molar-refractivity contribution is 5.91. The number of halogens is 1. The molecule has 8 nitrogen and oxygen atoms in total. The molecule has 5 aromatic rings. The monoisotopic (exact) mass is 549 g/mol. The molecule has 3 amide bonds. The number of piperazine rings is 1. The Balaban J connectivity index is 1.20. The normalized spacial score (nSPS) is 13.4. The van der Waals surface area contributed by atoms with Crippen LogP contribution in [0.15, 0.2) is 91.3 Å². The van der Waals surface area contributed by atoms with Crippen LogP contribution in [0, 0.1) is 5.82 Å². The van der Waals surface area contributed by atoms with Gasteiger partial charge in [-0.15, -0.1) is 0 Å². The van der Waals surface area contributed by atoms with E-state index >= 15 is 0 Å². The van der Waals surface area contributed by atoms with Crippen LogP contribution >= 0.6 is 0 Å². The minimum atomic E-state index is -0.368. The molecular weight excluding hydrogens is 521 g/mol. The van der Waals surface area contributed by atoms with Gasteiger partial charge in [0, 0.05) is 72.0 Å². The van der Waals surface area contributed by atoms with Gasteiger partial charge < -0.3 is 25.2 Å². The Labute approximate surface area is 236 Å². The summed E-state index contributed by atoms with van der Waals surface area (Å²) in [5, 5.41) is 14.2. The van der Waals surface area contributed by atoms with Gasteiger partial charge in [-0.1, -0.05) is 30.3 Å². The first kappa shape index (κ1) is 26.1. The van der Waals surface area contributed by atoms with Gasteiger partial charge in [-0.2, -0.15) is 0 Å². The number of aromatic nitrogens is 2. The molecule has 0 spiro atoms. The molecule has 1 aliphatic rings. The maximum absolute atomic E-state index is 13.4. The maximum Gasteiger partial charge on any atom is 0.321 e. The lowest BCUT2D eigenvalue weighted by atomic mass is 9.95. The number of aromatic amines is 1. The van der Waals surface area contributed by atoms with Crippen LogP contribution in [-0.2, 0) is 11.2 Å². The number of phenolic OH excluding ortho intramolecular Hbond substituents is 1. The molecule has 1 aliphatic heterocycles. The van der Waals surface area contributed by atoms with Crippen LogP contribution in [0.2, 0.25) is 0 Å². The topological polar surface area (TPSA) is 102 Å². The summed E-state index contributed by atoms with van der Waals surface area (Å²) in [4.78, 5) is 37.2. The zero-order valence-electron chi connectivity index (χ0n) is 22.2. The molecule has 3 heterocycles. The van der Waals surface area contributed by atoms with Gasteiger partial charge >= 0.3 is 6.03 Å². The Morgan fingerprint density at radius 2 is 1.66 bits per heavy atom. The molecular formula is C32H28FN5O3. The van der Waals surface area contributed by atoms with E-state index in [1.807, 2.05) is 42.5 Å². The summed E-state index contributed by atoms with van der Waals surface area (Å²) >= 11 is 0. The maximum atomic E-state index is 13.4. The van der Waals surface area contributed by atoms with E-state index in [4.69, 9.17) is 0 Å². The van der Waals surface area contributed by atoms with E-state index in [1.54, 1.807) is 34.3 Å². The number of hydrogen-bond donors (Lipinski definition) is 3. The minimum absolute atomic E-state index is 0.0297. The van der Waals surface area contributed by atoms with Crippen LogP contribution < -0.4 is 5.32 Å². The highest BCUT2D eigenvalue weighted by Crippen LogP contribution is 2.35. The van der Waals surface area contributed by atoms with E-state index in [2.05, 4.69) is 15.3 Å². The predicted molar refractivity (Wildman–Crippen MR) is 156 cm³/mol. The fourth-order valence-electron chi connectivity index (χ4n) is 5.15. The zero-order valence-corrected chi connectivity index (χ0v) is 22.2. The lowest BCUT2D eigenvalue weighted by Gasteiger charge is -2.35. The molecule has 0 saturated carbocycles. The fourth-order valence-corrected chi connectivity index (χ4v) is 5.15. The minimum Gasteiger partial charge on any atom is -0.507 e. The number of phenols is 1. The van der Waals surface area contributed by atoms with Gasteiger partial charge in [-0.05, 0) is 59.7 Å². The average molecular weight is 550 g/mol. The van der Waals surface area contributed by atoms with Gasteiger partial charge in [0.1, 0.15) is 11.6 Å². The molecule has 6 rings (SSSR count). The largest absolute Gasteiger partial charge is 0.507 e. The average Bonchev–Trinajstić information content (AvgIpc) is 3.43. The molecule has 1 saturated heterocycles. The first-order chi connectivity index (χ1) is 19.9. The molecule has 3 N–H and O–H groups in total. The van der Waals surface area contributed by atoms with Crippen molar-refractivity contribution in [2.24, 2.45) is 0 Å². The number of H-pyrrole nitrogens is 1. The number of amides is 3. The van der Waals surface area contributed by atoms with Gasteiger partial charge in [0.15, 0.2) is 0 Å². The number of carbonyl (C=O) groups excluding carboxylic acids is 2. The van der Waals surface area contributed by atoms with E-state index in [0.717, 1.165) is 33.3 Å². The quantitative estimate of drug-likeness (QED) is 0.263. The summed E-state index contributed by atoms with van der Waals surface area (Å²) in [7, 11) is 0. The zero-order chi connectivity index (χ0) is 28.3. The number of nitrogens with one attached hydrogen (secondary N) is 2. The summed E-state index contributed by atoms with van der Waals surface area (Å²) in [5.41, 5.74) is 5.58. The van der Waals surface area contributed by atoms with Crippen molar-refractivity contribution < 1.29 is 19.1 Å². The Hall–Kier alpha value is -5.18. The van der Waals surface area contributed by atoms with Crippen LogP contribution in [-0.4, -0.2) is 63.0 Å². The van der Waals surface area contributed by atoms with Crippen LogP contribution in [0.25, 0.3) is 33.3 Å². The van der Waals surface area contributed by atoms with Crippen molar-refractivity contribution >= 4 is 28.5 Å². The number of carbonyl (C=O) groups is 2. The van der Waals surface area contributed by atoms with Gasteiger partial charge in [0.2, 0.25) is 5.91 Å². The summed E-state index contributed by atoms with van der Waals surface area (Å²) in [5.74, 6) is -0.213. The van der Waals surface area contributed by atoms with Crippen molar-refractivity contribution in [3.63, 3.8) is 0 Å². The van der Waals surface area contributed by atoms with Crippen molar-refractivity contribution in [2.45, 2.75) is 6.42 Å². The SMILES string of the molecule is O=C(Cc1ccc(-c2ccccc2O)cc1-c1cc2cnccc2[nH]1)N1CCN(C(=O)Nc2ccc(F)cc2)CC1. The second-order valence-corrected chi connectivity index (χ2v) is 10.0. The van der Waals surface area contributed by atoms with Crippen LogP contribution in [0.5, 0.6) is 5.75 Å². The summed E-state index contributed by atoms with van der Waals surface area (Å²) < 4.78 is 13.2. The molecule has 1 fully saturated rings. The van der Waals surface area contributed by atoms with Gasteiger partial charge in [0.25, 0.3) is 0 Å². The number of fused-ring (bicyclic) bond motifs is 1. The summed E-state index contributed by atoms with van der Waals surface area (Å²) in [6.07, 6.45) is 3.70. The lowest BCUT2D eigenvalue weighted by Crippen LogP contribution is -2.52. The van der Waals surface area contributed by atoms with Crippen molar-refractivity contribution in [1.29, 1.82) is 0 Å². The van der Waals surface area contributed by atoms with E-state index in [0.29, 0.717) is 37.4 Å². The molecule has 41 heavy (non-hydrogen) atoms. The number of benzene rings is 3. The number of urea groups is 1. The number of hydrogen-bond acceptors (Lipinski definition) is 4. The Kier molecular flexibility index (Phi) is 7.08. The highest BCUT2D eigenvalue weighted by Gasteiger charge is 2.25. The van der Waals surface area contributed by atoms with E-state index in [-0.39, 0.29) is 29.9 Å². The highest BCUT2D eigenvalue weighted by atomic mass is 19.1. The number of pyridine rings is 1. The second kappa shape index (κ2) is 11.1. The van der Waals surface area contributed by atoms with Crippen LogP contribution in [0.3, 0.4) is 0 Å². The molecule has 0 atom stereocenters. The number of nitrogens with zero attached hydrogens (tertiary/aromatic N) is 3. The van der Waals surface area contributed by atoms with Gasteiger partial charge in [-0.25, -0.2) is 9.18 Å². The van der Waals surface area contributed by atoms with E-state index < -0.39 is 0 Å². The van der Waals surface area contributed by atoms with E-state index in [1.165, 1.54) is 24.3 Å². The summed E-state index contributed by atoms with van der Waals surface area (Å²) in [6.45, 7) is 1.62.